The van der Waals surface area contributed by atoms with Crippen molar-refractivity contribution in [2.75, 3.05) is 5.32 Å². The van der Waals surface area contributed by atoms with E-state index in [1.165, 1.54) is 31.4 Å². The molecule has 0 spiro atoms. The zero-order chi connectivity index (χ0) is 17.2. The van der Waals surface area contributed by atoms with Crippen molar-refractivity contribution < 1.29 is 4.39 Å². The second-order valence-corrected chi connectivity index (χ2v) is 6.78. The van der Waals surface area contributed by atoms with Crippen LogP contribution in [0.25, 0.3) is 11.0 Å². The molecule has 25 heavy (non-hydrogen) atoms. The van der Waals surface area contributed by atoms with Gasteiger partial charge in [-0.3, -0.25) is 0 Å². The maximum Gasteiger partial charge on any atom is 0.226 e. The van der Waals surface area contributed by atoms with E-state index >= 15 is 0 Å². The largest absolute Gasteiger partial charge is 0.365 e. The van der Waals surface area contributed by atoms with Crippen LogP contribution >= 0.6 is 11.6 Å². The van der Waals surface area contributed by atoms with Crippen LogP contribution < -0.4 is 5.32 Å². The van der Waals surface area contributed by atoms with E-state index in [1.54, 1.807) is 18.3 Å². The van der Waals surface area contributed by atoms with E-state index in [-0.39, 0.29) is 11.1 Å². The third kappa shape index (κ3) is 3.44. The second-order valence-electron chi connectivity index (χ2n) is 6.44. The van der Waals surface area contributed by atoms with Gasteiger partial charge in [-0.25, -0.2) is 9.07 Å². The van der Waals surface area contributed by atoms with Gasteiger partial charge in [-0.1, -0.05) is 31.4 Å². The molecule has 1 fully saturated rings. The van der Waals surface area contributed by atoms with Gasteiger partial charge < -0.3 is 5.32 Å². The van der Waals surface area contributed by atoms with E-state index in [4.69, 9.17) is 11.6 Å². The molecule has 0 aliphatic heterocycles. The number of benzene rings is 1. The second kappa shape index (κ2) is 6.96. The van der Waals surface area contributed by atoms with E-state index in [0.29, 0.717) is 18.4 Å². The Morgan fingerprint density at radius 1 is 1.12 bits per heavy atom. The average molecular weight is 360 g/mol. The van der Waals surface area contributed by atoms with Gasteiger partial charge in [0.2, 0.25) is 5.28 Å². The Bertz CT molecular complexity index is 871. The summed E-state index contributed by atoms with van der Waals surface area (Å²) in [5, 5.41) is 8.88. The van der Waals surface area contributed by atoms with Gasteiger partial charge >= 0.3 is 0 Å². The Balaban J connectivity index is 1.62. The third-order valence-electron chi connectivity index (χ3n) is 4.72. The quantitative estimate of drug-likeness (QED) is 0.684. The van der Waals surface area contributed by atoms with Gasteiger partial charge in [0.25, 0.3) is 0 Å². The van der Waals surface area contributed by atoms with E-state index in [9.17, 15) is 4.39 Å². The van der Waals surface area contributed by atoms with Crippen molar-refractivity contribution in [1.29, 1.82) is 0 Å². The number of rotatable bonds is 4. The van der Waals surface area contributed by atoms with E-state index < -0.39 is 0 Å². The van der Waals surface area contributed by atoms with Crippen molar-refractivity contribution in [2.45, 2.75) is 44.7 Å². The van der Waals surface area contributed by atoms with Gasteiger partial charge in [-0.2, -0.15) is 15.1 Å². The van der Waals surface area contributed by atoms with E-state index in [2.05, 4.69) is 20.4 Å². The van der Waals surface area contributed by atoms with Crippen LogP contribution in [0.3, 0.4) is 0 Å². The molecule has 3 aromatic rings. The Hall–Kier alpha value is -2.21. The highest BCUT2D eigenvalue weighted by Gasteiger charge is 2.20. The van der Waals surface area contributed by atoms with Crippen LogP contribution in [0.5, 0.6) is 0 Å². The summed E-state index contributed by atoms with van der Waals surface area (Å²) >= 11 is 6.14. The number of hydrogen-bond donors (Lipinski definition) is 1. The SMILES string of the molecule is Fc1ccc(CNc2nc(Cl)nc3c2cnn3C2CCCCC2)cc1. The number of aromatic nitrogens is 4. The molecule has 1 saturated carbocycles. The normalized spacial score (nSPS) is 15.6. The van der Waals surface area contributed by atoms with Crippen LogP contribution in [0, 0.1) is 5.82 Å². The lowest BCUT2D eigenvalue weighted by molar-refractivity contribution is 0.336. The van der Waals surface area contributed by atoms with Crippen molar-refractivity contribution in [2.24, 2.45) is 0 Å². The van der Waals surface area contributed by atoms with Crippen LogP contribution in [-0.2, 0) is 6.54 Å². The summed E-state index contributed by atoms with van der Waals surface area (Å²) in [5.41, 5.74) is 1.73. The fourth-order valence-electron chi connectivity index (χ4n) is 3.41. The molecule has 1 aromatic carbocycles. The Morgan fingerprint density at radius 3 is 2.64 bits per heavy atom. The molecule has 1 N–H and O–H groups in total. The minimum atomic E-state index is -0.245. The van der Waals surface area contributed by atoms with Gasteiger partial charge in [0.1, 0.15) is 11.6 Å². The fourth-order valence-corrected chi connectivity index (χ4v) is 3.58. The maximum atomic E-state index is 13.0. The van der Waals surface area contributed by atoms with Gasteiger partial charge in [-0.15, -0.1) is 0 Å². The Morgan fingerprint density at radius 2 is 1.88 bits per heavy atom. The Labute approximate surface area is 150 Å². The lowest BCUT2D eigenvalue weighted by Gasteiger charge is -2.22. The highest BCUT2D eigenvalue weighted by Crippen LogP contribution is 2.31. The molecule has 0 unspecified atom stereocenters. The van der Waals surface area contributed by atoms with Gasteiger partial charge in [0.05, 0.1) is 17.6 Å². The molecular weight excluding hydrogens is 341 g/mol. The molecule has 7 heteroatoms. The highest BCUT2D eigenvalue weighted by molar-refractivity contribution is 6.28. The monoisotopic (exact) mass is 359 g/mol. The van der Waals surface area contributed by atoms with Crippen LogP contribution in [0.4, 0.5) is 10.2 Å². The molecular formula is C18H19ClFN5. The molecule has 130 valence electrons. The number of nitrogens with zero attached hydrogens (tertiary/aromatic N) is 4. The molecule has 4 rings (SSSR count). The zero-order valence-corrected chi connectivity index (χ0v) is 14.5. The topological polar surface area (TPSA) is 55.6 Å². The summed E-state index contributed by atoms with van der Waals surface area (Å²) in [4.78, 5) is 8.71. The number of anilines is 1. The average Bonchev–Trinajstić information content (AvgIpc) is 3.05. The molecule has 0 radical (unpaired) electrons. The summed E-state index contributed by atoms with van der Waals surface area (Å²) < 4.78 is 15.0. The van der Waals surface area contributed by atoms with Crippen LogP contribution in [0.2, 0.25) is 5.28 Å². The first-order valence-corrected chi connectivity index (χ1v) is 8.97. The summed E-state index contributed by atoms with van der Waals surface area (Å²) in [7, 11) is 0. The van der Waals surface area contributed by atoms with Crippen LogP contribution in [-0.4, -0.2) is 19.7 Å². The van der Waals surface area contributed by atoms with Crippen molar-refractivity contribution in [3.05, 3.63) is 47.1 Å². The molecule has 5 nitrogen and oxygen atoms in total. The Kier molecular flexibility index (Phi) is 4.53. The molecule has 2 heterocycles. The molecule has 2 aromatic heterocycles. The minimum Gasteiger partial charge on any atom is -0.365 e. The number of fused-ring (bicyclic) bond motifs is 1. The molecule has 0 saturated heterocycles. The summed E-state index contributed by atoms with van der Waals surface area (Å²) in [6.45, 7) is 0.525. The van der Waals surface area contributed by atoms with E-state index in [0.717, 1.165) is 29.4 Å². The molecule has 1 aliphatic rings. The van der Waals surface area contributed by atoms with Crippen molar-refractivity contribution in [3.8, 4) is 0 Å². The lowest BCUT2D eigenvalue weighted by atomic mass is 9.96. The van der Waals surface area contributed by atoms with Gasteiger partial charge in [-0.05, 0) is 42.1 Å². The molecule has 0 amide bonds. The first kappa shape index (κ1) is 16.3. The summed E-state index contributed by atoms with van der Waals surface area (Å²) in [6.07, 6.45) is 7.78. The summed E-state index contributed by atoms with van der Waals surface area (Å²) in [5.74, 6) is 0.409. The summed E-state index contributed by atoms with van der Waals surface area (Å²) in [6, 6.07) is 6.75. The highest BCUT2D eigenvalue weighted by atomic mass is 35.5. The van der Waals surface area contributed by atoms with Gasteiger partial charge in [0.15, 0.2) is 5.65 Å². The predicted molar refractivity (Wildman–Crippen MR) is 96.2 cm³/mol. The van der Waals surface area contributed by atoms with Crippen molar-refractivity contribution in [1.82, 2.24) is 19.7 Å². The standard InChI is InChI=1S/C18H19ClFN5/c19-18-23-16(21-10-12-6-8-13(20)9-7-12)15-11-22-25(17(15)24-18)14-4-2-1-3-5-14/h6-9,11,14H,1-5,10H2,(H,21,23,24). The zero-order valence-electron chi connectivity index (χ0n) is 13.8. The van der Waals surface area contributed by atoms with Crippen molar-refractivity contribution >= 4 is 28.5 Å². The van der Waals surface area contributed by atoms with Gasteiger partial charge in [0, 0.05) is 6.54 Å². The third-order valence-corrected chi connectivity index (χ3v) is 4.89. The lowest BCUT2D eigenvalue weighted by Crippen LogP contribution is -2.14. The molecule has 0 bridgehead atoms. The van der Waals surface area contributed by atoms with E-state index in [1.807, 2.05) is 4.68 Å². The predicted octanol–water partition coefficient (Wildman–Crippen LogP) is 4.74. The molecule has 0 atom stereocenters. The van der Waals surface area contributed by atoms with Crippen LogP contribution in [0.15, 0.2) is 30.5 Å². The first-order valence-electron chi connectivity index (χ1n) is 8.60. The van der Waals surface area contributed by atoms with Crippen molar-refractivity contribution in [3.63, 3.8) is 0 Å². The fraction of sp³-hybridized carbons (Fsp3) is 0.389. The number of hydrogen-bond acceptors (Lipinski definition) is 4. The maximum absolute atomic E-state index is 13.0. The minimum absolute atomic E-state index is 0.201. The first-order chi connectivity index (χ1) is 12.2. The number of halogens is 2. The van der Waals surface area contributed by atoms with Crippen LogP contribution in [0.1, 0.15) is 43.7 Å². The number of nitrogens with one attached hydrogen (secondary N) is 1. The molecule has 1 aliphatic carbocycles. The smallest absolute Gasteiger partial charge is 0.226 e.